The number of carboxylic acid groups (broad SMARTS) is 1. The molecule has 4 fully saturated rings. The molecule has 0 unspecified atom stereocenters. The molecule has 6 aromatic rings. The number of aliphatic carboxylic acids is 1. The first kappa shape index (κ1) is 98.2. The van der Waals surface area contributed by atoms with Gasteiger partial charge in [-0.05, 0) is 219 Å². The van der Waals surface area contributed by atoms with Crippen molar-refractivity contribution in [3.05, 3.63) is 128 Å². The maximum absolute atomic E-state index is 13.8. The fraction of sp³-hybridized carbons (Fsp3) is 0.547. The number of nitrogens with one attached hydrogen (secondary N) is 6. The number of esters is 2. The number of aromatic amines is 2. The largest absolute Gasteiger partial charge is 0.481 e. The quantitative estimate of drug-likeness (QED) is 0.0142. The van der Waals surface area contributed by atoms with Crippen LogP contribution in [0.1, 0.15) is 236 Å². The van der Waals surface area contributed by atoms with Crippen molar-refractivity contribution in [3.63, 3.8) is 0 Å². The number of amides is 8. The third-order valence-electron chi connectivity index (χ3n) is 25.7. The van der Waals surface area contributed by atoms with Crippen molar-refractivity contribution in [2.45, 2.75) is 246 Å². The SMILES string of the molecule is C.CC(=O)O.COC(=O)N[C@H](C(=O)N1CCC[C@H]1C(=O)OCC(=O)c1ccc(-c2ccc(C(=O)COC(=O)[C@@H]3CCCN3C(=O)[C@@H](NC(=O)OC)C(C)C)c3c2CCC3)c2c1CCC2)C(C)C.COC(=O)N[C@H](C(=O)N1CCC[C@H]1c1ncc(-c2ccc(-c3ccc(-c4cnc([C@@H]5CCCN5C(=O)[C@@H](NC(=O)OC)C(C)C)[nH]4)c4c3CCC4)c3c2CCC3)[nH]1)C(C)C.N. The van der Waals surface area contributed by atoms with Gasteiger partial charge in [-0.25, -0.2) is 38.7 Å². The summed E-state index contributed by atoms with van der Waals surface area (Å²) < 4.78 is 30.1. The van der Waals surface area contributed by atoms with E-state index in [1.165, 1.54) is 71.6 Å². The molecule has 8 atom stereocenters. The number of hydrogen-bond donors (Lipinski definition) is 8. The van der Waals surface area contributed by atoms with Crippen LogP contribution in [-0.2, 0) is 113 Å². The van der Waals surface area contributed by atoms with Crippen molar-refractivity contribution in [1.82, 2.24) is 67.0 Å². The molecule has 33 nitrogen and oxygen atoms in total. The van der Waals surface area contributed by atoms with Crippen LogP contribution in [0.3, 0.4) is 0 Å². The second-order valence-electron chi connectivity index (χ2n) is 35.0. The lowest BCUT2D eigenvalue weighted by atomic mass is 9.87. The van der Waals surface area contributed by atoms with Crippen molar-refractivity contribution in [3.8, 4) is 44.8 Å². The molecule has 4 aliphatic heterocycles. The molecule has 14 rings (SSSR count). The van der Waals surface area contributed by atoms with Gasteiger partial charge in [0, 0.05) is 55.4 Å². The van der Waals surface area contributed by atoms with Gasteiger partial charge in [0.15, 0.2) is 13.2 Å². The maximum atomic E-state index is 13.8. The number of benzene rings is 4. The first-order valence-corrected chi connectivity index (χ1v) is 44.3. The predicted octanol–water partition coefficient (Wildman–Crippen LogP) is 12.6. The lowest BCUT2D eigenvalue weighted by molar-refractivity contribution is -0.153. The van der Waals surface area contributed by atoms with Crippen LogP contribution in [0.5, 0.6) is 0 Å². The Morgan fingerprint density at radius 3 is 0.930 bits per heavy atom. The molecule has 2 aromatic heterocycles. The molecule has 33 heteroatoms. The monoisotopic (exact) mass is 1770 g/mol. The fourth-order valence-electron chi connectivity index (χ4n) is 19.5. The van der Waals surface area contributed by atoms with Gasteiger partial charge in [-0.3, -0.25) is 33.6 Å². The minimum absolute atomic E-state index is 0. The highest BCUT2D eigenvalue weighted by Gasteiger charge is 2.45. The first-order valence-electron chi connectivity index (χ1n) is 44.3. The zero-order valence-electron chi connectivity index (χ0n) is 75.2. The molecule has 0 saturated carbocycles. The Morgan fingerprint density at radius 2 is 0.633 bits per heavy atom. The number of carbonyl (C=O) groups excluding carboxylic acids is 12. The van der Waals surface area contributed by atoms with Gasteiger partial charge in [-0.1, -0.05) is 111 Å². The third kappa shape index (κ3) is 21.5. The maximum Gasteiger partial charge on any atom is 0.407 e. The number of carbonyl (C=O) groups is 13. The van der Waals surface area contributed by atoms with Crippen molar-refractivity contribution < 1.29 is 95.9 Å². The number of H-pyrrole nitrogens is 2. The number of nitrogens with zero attached hydrogens (tertiary/aromatic N) is 6. The standard InChI is InChI=1S/C46H58N8O6.C46H58N4O12.C2H4O2.CH4.H3N/c1-25(2)39(51-45(57)59-5)43(55)53-21-9-15-37(53)41-47-23-35(49-41)33-19-17-31(27-11-7-13-29(27)33)32-18-20-34(30-14-8-12-28(30)32)36-24-48-42(50-36)38-16-10-22-54(38)44(56)40(26(3)4)52-46(58)60-6;1-25(2)39(47-45(57)59-5)41(53)49-21-9-15-35(49)43(55)61-23-37(51)33-19-17-31(27-11-7-13-29(27)33)32-18-20-34(30-14-8-12-28(30)32)38(52)24-62-44(56)36-16-10-22-50(36)42(54)40(26(3)4)48-46(58)60-6;1-2(3)4;;/h17-20,23-26,37-40H,7-16,21-22H2,1-6H3,(H,47,49)(H,48,50)(H,51,57)(H,52,58);17-20,25-26,35-36,39-40H,7-16,21-24H2,1-6H3,(H,47,57)(H,48,58);1H3,(H,3,4);1H4;1H3/t37-,38-,39-,40-;35-,36-,39-,40-;;;/m00.../s1. The van der Waals surface area contributed by atoms with E-state index in [1.807, 2.05) is 62.0 Å². The summed E-state index contributed by atoms with van der Waals surface area (Å²) in [5.74, 6) is -3.09. The van der Waals surface area contributed by atoms with Gasteiger partial charge in [0.2, 0.25) is 35.2 Å². The van der Waals surface area contributed by atoms with Gasteiger partial charge in [-0.2, -0.15) is 0 Å². The van der Waals surface area contributed by atoms with Gasteiger partial charge < -0.3 is 90.5 Å². The first-order chi connectivity index (χ1) is 60.4. The fourth-order valence-corrected chi connectivity index (χ4v) is 19.5. The van der Waals surface area contributed by atoms with E-state index in [1.54, 1.807) is 39.8 Å². The van der Waals surface area contributed by atoms with Crippen molar-refractivity contribution in [1.29, 1.82) is 0 Å². The van der Waals surface area contributed by atoms with E-state index in [-0.39, 0.29) is 72.7 Å². The molecule has 0 radical (unpaired) electrons. The summed E-state index contributed by atoms with van der Waals surface area (Å²) in [7, 11) is 5.03. The molecule has 8 aliphatic rings. The van der Waals surface area contributed by atoms with Crippen molar-refractivity contribution in [2.24, 2.45) is 23.7 Å². The molecule has 10 N–H and O–H groups in total. The average molecular weight is 1770 g/mol. The van der Waals surface area contributed by atoms with E-state index in [2.05, 4.69) is 65.0 Å². The molecule has 4 aliphatic carbocycles. The zero-order chi connectivity index (χ0) is 90.6. The van der Waals surface area contributed by atoms with Gasteiger partial charge in [0.25, 0.3) is 5.97 Å². The molecule has 0 bridgehead atoms. The summed E-state index contributed by atoms with van der Waals surface area (Å²) in [4.78, 5) is 189. The summed E-state index contributed by atoms with van der Waals surface area (Å²) in [5, 5.41) is 18.0. The molecule has 4 aromatic carbocycles. The Kier molecular flexibility index (Phi) is 33.5. The molecule has 6 heterocycles. The van der Waals surface area contributed by atoms with Crippen LogP contribution in [0.15, 0.2) is 60.9 Å². The highest BCUT2D eigenvalue weighted by Crippen LogP contribution is 2.46. The van der Waals surface area contributed by atoms with Gasteiger partial charge >= 0.3 is 36.3 Å². The van der Waals surface area contributed by atoms with E-state index in [9.17, 15) is 57.5 Å². The number of imidazole rings is 2. The smallest absolute Gasteiger partial charge is 0.407 e. The van der Waals surface area contributed by atoms with E-state index < -0.39 is 104 Å². The van der Waals surface area contributed by atoms with Gasteiger partial charge in [-0.15, -0.1) is 0 Å². The van der Waals surface area contributed by atoms with Crippen LogP contribution in [0, 0.1) is 23.7 Å². The second kappa shape index (κ2) is 43.6. The molecule has 0 spiro atoms. The Labute approximate surface area is 747 Å². The number of Topliss-reactive ketones (excluding diaryl/α,β-unsaturated/α-hetero) is 2. The number of alkyl carbamates (subject to hydrolysis) is 4. The van der Waals surface area contributed by atoms with E-state index in [0.29, 0.717) is 75.8 Å². The van der Waals surface area contributed by atoms with Gasteiger partial charge in [0.05, 0.1) is 64.3 Å². The summed E-state index contributed by atoms with van der Waals surface area (Å²) in [6.07, 6.45) is 17.1. The van der Waals surface area contributed by atoms with Crippen LogP contribution in [0.2, 0.25) is 0 Å². The normalized spacial score (nSPS) is 18.4. The van der Waals surface area contributed by atoms with E-state index >= 15 is 0 Å². The third-order valence-corrected chi connectivity index (χ3v) is 25.7. The van der Waals surface area contributed by atoms with Crippen molar-refractivity contribution in [2.75, 3.05) is 67.8 Å². The van der Waals surface area contributed by atoms with Crippen LogP contribution in [-0.4, -0.2) is 226 Å². The highest BCUT2D eigenvalue weighted by atomic mass is 16.6. The van der Waals surface area contributed by atoms with Crippen molar-refractivity contribution >= 4 is 77.5 Å². The second-order valence-corrected chi connectivity index (χ2v) is 35.0. The topological polar surface area (TPSA) is 451 Å². The molecule has 128 heavy (non-hydrogen) atoms. The minimum Gasteiger partial charge on any atom is -0.481 e. The minimum atomic E-state index is -0.891. The molecular formula is C95H127N13O20. The van der Waals surface area contributed by atoms with Crippen LogP contribution in [0.4, 0.5) is 19.2 Å². The molecule has 8 amide bonds. The number of aromatic nitrogens is 4. The Morgan fingerprint density at radius 1 is 0.383 bits per heavy atom. The number of ketones is 2. The summed E-state index contributed by atoms with van der Waals surface area (Å²) in [5.41, 5.74) is 19.2. The van der Waals surface area contributed by atoms with Crippen LogP contribution < -0.4 is 27.4 Å². The highest BCUT2D eigenvalue weighted by molar-refractivity contribution is 6.03. The lowest BCUT2D eigenvalue weighted by Crippen LogP contribution is -2.54. The Bertz CT molecular complexity index is 4820. The number of carboxylic acids is 1. The van der Waals surface area contributed by atoms with E-state index in [0.717, 1.165) is 164 Å². The summed E-state index contributed by atoms with van der Waals surface area (Å²) >= 11 is 0. The molecule has 692 valence electrons. The van der Waals surface area contributed by atoms with Crippen LogP contribution in [0.25, 0.3) is 44.8 Å². The molecular weight excluding hydrogens is 1640 g/mol. The van der Waals surface area contributed by atoms with E-state index in [4.69, 9.17) is 38.8 Å². The molecule has 4 saturated heterocycles. The number of likely N-dealkylation sites (tertiary alicyclic amines) is 4. The number of methoxy groups -OCH3 is 4. The number of fused-ring (bicyclic) bond motifs is 4. The number of hydrogen-bond acceptors (Lipinski definition) is 22. The summed E-state index contributed by atoms with van der Waals surface area (Å²) in [6, 6.07) is 11.2. The van der Waals surface area contributed by atoms with Crippen LogP contribution >= 0.6 is 0 Å². The Balaban J connectivity index is 0.000000252. The van der Waals surface area contributed by atoms with Gasteiger partial charge in [0.1, 0.15) is 47.9 Å². The predicted molar refractivity (Wildman–Crippen MR) is 476 cm³/mol. The number of ether oxygens (including phenoxy) is 6. The summed E-state index contributed by atoms with van der Waals surface area (Å²) in [6.45, 7) is 16.8. The Hall–Kier alpha value is -12.0. The lowest BCUT2D eigenvalue weighted by Gasteiger charge is -2.30. The average Bonchev–Trinajstić information content (AvgIpc) is 0.973. The number of rotatable bonds is 26. The zero-order valence-corrected chi connectivity index (χ0v) is 75.2.